The lowest BCUT2D eigenvalue weighted by atomic mass is 10.3. The largest absolute Gasteiger partial charge is 0.291 e. The molecule has 0 aliphatic carbocycles. The molecule has 6 heteroatoms. The van der Waals surface area contributed by atoms with Crippen LogP contribution in [0, 0.1) is 0 Å². The van der Waals surface area contributed by atoms with Gasteiger partial charge in [0, 0.05) is 35.9 Å². The smallest absolute Gasteiger partial charge is 0.222 e. The van der Waals surface area contributed by atoms with Crippen molar-refractivity contribution in [2.45, 2.75) is 6.42 Å². The summed E-state index contributed by atoms with van der Waals surface area (Å²) in [4.78, 5) is 7.82. The molecule has 2 N–H and O–H groups in total. The summed E-state index contributed by atoms with van der Waals surface area (Å²) in [6, 6.07) is 7.22. The highest BCUT2D eigenvalue weighted by molar-refractivity contribution is 5.75. The molecule has 108 valence electrons. The van der Waals surface area contributed by atoms with Crippen molar-refractivity contribution in [3.05, 3.63) is 60.2 Å². The maximum absolute atomic E-state index is 9.74. The van der Waals surface area contributed by atoms with Gasteiger partial charge in [-0.2, -0.15) is 0 Å². The lowest BCUT2D eigenvalue weighted by Gasteiger charge is -1.94. The summed E-state index contributed by atoms with van der Waals surface area (Å²) in [6.07, 6.45) is 10.5. The van der Waals surface area contributed by atoms with Crippen molar-refractivity contribution in [2.24, 2.45) is 0 Å². The average molecular weight is 286 g/mol. The summed E-state index contributed by atoms with van der Waals surface area (Å²) in [7, 11) is 0. The Kier molecular flexibility index (Phi) is 5.40. The molecule has 0 amide bonds. The molecule has 0 saturated heterocycles. The lowest BCUT2D eigenvalue weighted by Crippen LogP contribution is -2.17. The normalized spacial score (nSPS) is 12.4. The van der Waals surface area contributed by atoms with Crippen molar-refractivity contribution in [3.8, 4) is 0 Å². The first-order chi connectivity index (χ1) is 10.2. The standard InChI is InChI=1S/C15H18N4O2/c20-18(12-14-2-6-16-7-3-14)10-1-11-19(21)13-15-4-8-17-9-5-15/h2-9,12-13,20-21H,1,10-11H2/q+2. The van der Waals surface area contributed by atoms with E-state index in [-0.39, 0.29) is 0 Å². The van der Waals surface area contributed by atoms with Gasteiger partial charge in [-0.1, -0.05) is 0 Å². The minimum absolute atomic E-state index is 0.420. The minimum atomic E-state index is 0.420. The van der Waals surface area contributed by atoms with E-state index in [1.165, 1.54) is 0 Å². The maximum Gasteiger partial charge on any atom is 0.222 e. The predicted molar refractivity (Wildman–Crippen MR) is 77.3 cm³/mol. The van der Waals surface area contributed by atoms with Crippen LogP contribution in [0.25, 0.3) is 0 Å². The third kappa shape index (κ3) is 5.40. The second-order valence-corrected chi connectivity index (χ2v) is 4.50. The molecule has 2 heterocycles. The van der Waals surface area contributed by atoms with Gasteiger partial charge in [-0.15, -0.1) is 0 Å². The molecule has 0 saturated carbocycles. The summed E-state index contributed by atoms with van der Waals surface area (Å²) in [5.74, 6) is 0. The first-order valence-electron chi connectivity index (χ1n) is 6.65. The number of aromatic nitrogens is 2. The van der Waals surface area contributed by atoms with E-state index in [0.717, 1.165) is 20.6 Å². The molecule has 0 fully saturated rings. The molecule has 0 unspecified atom stereocenters. The van der Waals surface area contributed by atoms with Crippen LogP contribution in [-0.4, -0.2) is 55.4 Å². The van der Waals surface area contributed by atoms with Gasteiger partial charge < -0.3 is 0 Å². The van der Waals surface area contributed by atoms with Crippen molar-refractivity contribution < 1.29 is 19.9 Å². The first-order valence-corrected chi connectivity index (χ1v) is 6.65. The Balaban J connectivity index is 1.81. The number of hydrogen-bond acceptors (Lipinski definition) is 4. The van der Waals surface area contributed by atoms with Gasteiger partial charge in [-0.05, 0) is 33.7 Å². The van der Waals surface area contributed by atoms with Crippen molar-refractivity contribution in [1.82, 2.24) is 9.97 Å². The van der Waals surface area contributed by atoms with Crippen LogP contribution in [-0.2, 0) is 0 Å². The predicted octanol–water partition coefficient (Wildman–Crippen LogP) is 1.21. The fourth-order valence-electron chi connectivity index (χ4n) is 1.77. The molecular weight excluding hydrogens is 268 g/mol. The number of hydroxylamine groups is 2. The fourth-order valence-corrected chi connectivity index (χ4v) is 1.77. The lowest BCUT2D eigenvalue weighted by molar-refractivity contribution is -0.790. The molecule has 0 aliphatic rings. The molecule has 2 aromatic rings. The van der Waals surface area contributed by atoms with Crippen LogP contribution >= 0.6 is 0 Å². The summed E-state index contributed by atoms with van der Waals surface area (Å²) < 4.78 is 2.21. The molecule has 0 spiro atoms. The van der Waals surface area contributed by atoms with Crippen LogP contribution in [0.3, 0.4) is 0 Å². The quantitative estimate of drug-likeness (QED) is 0.362. The Labute approximate surface area is 122 Å². The summed E-state index contributed by atoms with van der Waals surface area (Å²) in [5.41, 5.74) is 1.74. The molecule has 6 nitrogen and oxygen atoms in total. The van der Waals surface area contributed by atoms with E-state index in [9.17, 15) is 10.4 Å². The van der Waals surface area contributed by atoms with Crippen LogP contribution in [0.2, 0.25) is 0 Å². The van der Waals surface area contributed by atoms with Crippen LogP contribution in [0.1, 0.15) is 17.5 Å². The second kappa shape index (κ2) is 7.74. The molecular formula is C15H18N4O2+2. The van der Waals surface area contributed by atoms with E-state index in [2.05, 4.69) is 9.97 Å². The number of nitrogens with zero attached hydrogens (tertiary/aromatic N) is 4. The van der Waals surface area contributed by atoms with E-state index in [4.69, 9.17) is 0 Å². The molecule has 0 atom stereocenters. The molecule has 0 aliphatic heterocycles. The Morgan fingerprint density at radius 2 is 1.14 bits per heavy atom. The molecule has 2 aromatic heterocycles. The Morgan fingerprint density at radius 1 is 0.762 bits per heavy atom. The molecule has 0 bridgehead atoms. The van der Waals surface area contributed by atoms with Crippen molar-refractivity contribution >= 4 is 12.4 Å². The van der Waals surface area contributed by atoms with E-state index in [0.29, 0.717) is 19.5 Å². The van der Waals surface area contributed by atoms with Gasteiger partial charge in [0.25, 0.3) is 0 Å². The van der Waals surface area contributed by atoms with Gasteiger partial charge in [-0.25, -0.2) is 0 Å². The highest BCUT2D eigenvalue weighted by atomic mass is 16.5. The van der Waals surface area contributed by atoms with E-state index < -0.39 is 0 Å². The topological polar surface area (TPSA) is 72.3 Å². The SMILES string of the molecule is O[N+](=Cc1ccncc1)CCC[N+](O)=Cc1ccncc1. The summed E-state index contributed by atoms with van der Waals surface area (Å²) >= 11 is 0. The zero-order valence-electron chi connectivity index (χ0n) is 11.6. The third-order valence-electron chi connectivity index (χ3n) is 2.78. The first kappa shape index (κ1) is 14.6. The van der Waals surface area contributed by atoms with E-state index in [1.807, 2.05) is 0 Å². The zero-order chi connectivity index (χ0) is 14.9. The monoisotopic (exact) mass is 286 g/mol. The van der Waals surface area contributed by atoms with Crippen LogP contribution in [0.5, 0.6) is 0 Å². The molecule has 0 aromatic carbocycles. The van der Waals surface area contributed by atoms with Crippen LogP contribution in [0.4, 0.5) is 0 Å². The van der Waals surface area contributed by atoms with E-state index in [1.54, 1.807) is 61.5 Å². The third-order valence-corrected chi connectivity index (χ3v) is 2.78. The number of rotatable bonds is 6. The Hall–Kier alpha value is -2.76. The Bertz CT molecular complexity index is 557. The maximum atomic E-state index is 9.74. The van der Waals surface area contributed by atoms with Crippen molar-refractivity contribution in [2.75, 3.05) is 13.1 Å². The summed E-state index contributed by atoms with van der Waals surface area (Å²) in [6.45, 7) is 0.840. The second-order valence-electron chi connectivity index (χ2n) is 4.50. The molecule has 2 rings (SSSR count). The van der Waals surface area contributed by atoms with Gasteiger partial charge in [0.2, 0.25) is 12.4 Å². The Morgan fingerprint density at radius 3 is 1.52 bits per heavy atom. The van der Waals surface area contributed by atoms with Gasteiger partial charge in [0.05, 0.1) is 6.42 Å². The average Bonchev–Trinajstić information content (AvgIpc) is 2.49. The molecule has 0 radical (unpaired) electrons. The number of hydrogen-bond donors (Lipinski definition) is 2. The summed E-state index contributed by atoms with van der Waals surface area (Å²) in [5, 5.41) is 19.5. The fraction of sp³-hybridized carbons (Fsp3) is 0.200. The van der Waals surface area contributed by atoms with Gasteiger partial charge >= 0.3 is 0 Å². The highest BCUT2D eigenvalue weighted by Crippen LogP contribution is 1.93. The zero-order valence-corrected chi connectivity index (χ0v) is 11.6. The van der Waals surface area contributed by atoms with Crippen molar-refractivity contribution in [1.29, 1.82) is 0 Å². The van der Waals surface area contributed by atoms with E-state index >= 15 is 0 Å². The van der Waals surface area contributed by atoms with Crippen molar-refractivity contribution in [3.63, 3.8) is 0 Å². The molecule has 21 heavy (non-hydrogen) atoms. The van der Waals surface area contributed by atoms with Gasteiger partial charge in [0.15, 0.2) is 13.1 Å². The minimum Gasteiger partial charge on any atom is -0.291 e. The van der Waals surface area contributed by atoms with Gasteiger partial charge in [-0.3, -0.25) is 20.4 Å². The van der Waals surface area contributed by atoms with Crippen LogP contribution in [0.15, 0.2) is 49.1 Å². The number of pyridine rings is 2. The highest BCUT2D eigenvalue weighted by Gasteiger charge is 2.07. The van der Waals surface area contributed by atoms with Crippen LogP contribution < -0.4 is 0 Å². The van der Waals surface area contributed by atoms with Gasteiger partial charge in [0.1, 0.15) is 0 Å².